The summed E-state index contributed by atoms with van der Waals surface area (Å²) in [6.45, 7) is 0. The third-order valence-electron chi connectivity index (χ3n) is 4.60. The van der Waals surface area contributed by atoms with Gasteiger partial charge in [-0.1, -0.05) is 48.5 Å². The third-order valence-corrected chi connectivity index (χ3v) is 5.89. The number of amides is 1. The molecule has 0 spiro atoms. The Morgan fingerprint density at radius 3 is 2.38 bits per heavy atom. The van der Waals surface area contributed by atoms with Crippen LogP contribution in [0.5, 0.6) is 0 Å². The molecular weight excluding hydrogens is 389 g/mol. The predicted octanol–water partition coefficient (Wildman–Crippen LogP) is 4.77. The van der Waals surface area contributed by atoms with Crippen LogP contribution in [0.25, 0.3) is 0 Å². The minimum atomic E-state index is -1.10. The average molecular weight is 407 g/mol. The van der Waals surface area contributed by atoms with Crippen molar-refractivity contribution < 1.29 is 18.7 Å². The molecule has 0 bridgehead atoms. The monoisotopic (exact) mass is 407 g/mol. The van der Waals surface area contributed by atoms with E-state index in [0.717, 1.165) is 10.5 Å². The van der Waals surface area contributed by atoms with Gasteiger partial charge in [0.05, 0.1) is 0 Å². The van der Waals surface area contributed by atoms with Gasteiger partial charge in [0, 0.05) is 16.1 Å². The minimum Gasteiger partial charge on any atom is -0.446 e. The Balaban J connectivity index is 1.51. The van der Waals surface area contributed by atoms with Crippen LogP contribution in [0, 0.1) is 5.82 Å². The largest absolute Gasteiger partial charge is 0.446 e. The highest BCUT2D eigenvalue weighted by molar-refractivity contribution is 8.01. The van der Waals surface area contributed by atoms with Crippen molar-refractivity contribution in [2.24, 2.45) is 0 Å². The van der Waals surface area contributed by atoms with Gasteiger partial charge in [0.1, 0.15) is 11.1 Å². The highest BCUT2D eigenvalue weighted by Crippen LogP contribution is 2.38. The number of rotatable bonds is 5. The molecule has 1 amide bonds. The van der Waals surface area contributed by atoms with Crippen LogP contribution >= 0.6 is 11.8 Å². The van der Waals surface area contributed by atoms with Crippen LogP contribution in [-0.2, 0) is 20.7 Å². The van der Waals surface area contributed by atoms with Gasteiger partial charge in [-0.05, 0) is 42.3 Å². The molecule has 146 valence electrons. The second-order valence-electron chi connectivity index (χ2n) is 6.64. The number of benzene rings is 3. The molecule has 29 heavy (non-hydrogen) atoms. The molecule has 0 aliphatic carbocycles. The lowest BCUT2D eigenvalue weighted by molar-refractivity contribution is -0.154. The van der Waals surface area contributed by atoms with Crippen molar-refractivity contribution in [1.82, 2.24) is 0 Å². The highest BCUT2D eigenvalue weighted by Gasteiger charge is 2.33. The lowest BCUT2D eigenvalue weighted by Crippen LogP contribution is -2.29. The number of hydrogen-bond donors (Lipinski definition) is 1. The van der Waals surface area contributed by atoms with Gasteiger partial charge >= 0.3 is 5.97 Å². The number of nitrogens with one attached hydrogen (secondary N) is 1. The normalized spacial score (nSPS) is 16.0. The zero-order valence-electron chi connectivity index (χ0n) is 15.4. The van der Waals surface area contributed by atoms with Crippen molar-refractivity contribution >= 4 is 29.3 Å². The van der Waals surface area contributed by atoms with Crippen molar-refractivity contribution in [3.63, 3.8) is 0 Å². The molecule has 1 aliphatic rings. The van der Waals surface area contributed by atoms with Gasteiger partial charge in [-0.2, -0.15) is 0 Å². The van der Waals surface area contributed by atoms with Crippen LogP contribution in [-0.4, -0.2) is 17.1 Å². The summed E-state index contributed by atoms with van der Waals surface area (Å²) >= 11 is 1.45. The first-order valence-corrected chi connectivity index (χ1v) is 10.0. The molecule has 1 aliphatic heterocycles. The van der Waals surface area contributed by atoms with E-state index in [-0.39, 0.29) is 0 Å². The van der Waals surface area contributed by atoms with Crippen molar-refractivity contribution in [3.05, 3.63) is 95.8 Å². The van der Waals surface area contributed by atoms with E-state index in [1.807, 2.05) is 30.3 Å². The van der Waals surface area contributed by atoms with Crippen LogP contribution in [0.2, 0.25) is 0 Å². The third kappa shape index (κ3) is 4.49. The Morgan fingerprint density at radius 1 is 0.966 bits per heavy atom. The zero-order valence-corrected chi connectivity index (χ0v) is 16.2. The summed E-state index contributed by atoms with van der Waals surface area (Å²) in [5.41, 5.74) is 2.10. The van der Waals surface area contributed by atoms with Gasteiger partial charge in [0.2, 0.25) is 6.10 Å². The fraction of sp³-hybridized carbons (Fsp3) is 0.130. The molecule has 1 heterocycles. The van der Waals surface area contributed by atoms with Crippen LogP contribution < -0.4 is 5.32 Å². The van der Waals surface area contributed by atoms with E-state index in [4.69, 9.17) is 4.74 Å². The number of anilines is 1. The summed E-state index contributed by atoms with van der Waals surface area (Å²) < 4.78 is 18.8. The Bertz CT molecular complexity index is 999. The summed E-state index contributed by atoms with van der Waals surface area (Å²) in [5.74, 6) is -1.32. The highest BCUT2D eigenvalue weighted by atomic mass is 32.2. The molecule has 0 aromatic heterocycles. The van der Waals surface area contributed by atoms with E-state index in [0.29, 0.717) is 17.7 Å². The van der Waals surface area contributed by atoms with Gasteiger partial charge < -0.3 is 10.1 Å². The second kappa shape index (κ2) is 8.49. The van der Waals surface area contributed by atoms with E-state index in [9.17, 15) is 14.0 Å². The Morgan fingerprint density at radius 2 is 1.66 bits per heavy atom. The predicted molar refractivity (Wildman–Crippen MR) is 110 cm³/mol. The van der Waals surface area contributed by atoms with E-state index in [1.54, 1.807) is 24.3 Å². The number of esters is 1. The quantitative estimate of drug-likeness (QED) is 0.620. The SMILES string of the molecule is O=C(OC(C(=O)Nc1ccc(F)cc1)c1ccccc1)C1Cc2ccccc2S1. The zero-order chi connectivity index (χ0) is 20.2. The van der Waals surface area contributed by atoms with Gasteiger partial charge in [-0.25, -0.2) is 4.39 Å². The van der Waals surface area contributed by atoms with E-state index in [1.165, 1.54) is 36.0 Å². The molecule has 6 heteroatoms. The van der Waals surface area contributed by atoms with Gasteiger partial charge in [-0.3, -0.25) is 9.59 Å². The number of hydrogen-bond acceptors (Lipinski definition) is 4. The first-order valence-electron chi connectivity index (χ1n) is 9.16. The fourth-order valence-corrected chi connectivity index (χ4v) is 4.33. The van der Waals surface area contributed by atoms with Crippen LogP contribution in [0.1, 0.15) is 17.2 Å². The molecule has 0 radical (unpaired) electrons. The molecule has 1 N–H and O–H groups in total. The van der Waals surface area contributed by atoms with Crippen molar-refractivity contribution in [2.45, 2.75) is 22.7 Å². The summed E-state index contributed by atoms with van der Waals surface area (Å²) in [5, 5.41) is 2.30. The molecule has 0 saturated carbocycles. The lowest BCUT2D eigenvalue weighted by Gasteiger charge is -2.20. The molecule has 2 unspecified atom stereocenters. The molecule has 0 fully saturated rings. The van der Waals surface area contributed by atoms with Crippen molar-refractivity contribution in [1.29, 1.82) is 0 Å². The second-order valence-corrected chi connectivity index (χ2v) is 7.89. The van der Waals surface area contributed by atoms with Crippen LogP contribution in [0.3, 0.4) is 0 Å². The van der Waals surface area contributed by atoms with Crippen LogP contribution in [0.4, 0.5) is 10.1 Å². The molecule has 2 atom stereocenters. The van der Waals surface area contributed by atoms with Crippen molar-refractivity contribution in [3.8, 4) is 0 Å². The van der Waals surface area contributed by atoms with E-state index in [2.05, 4.69) is 5.32 Å². The first-order chi connectivity index (χ1) is 14.1. The molecule has 3 aromatic rings. The molecule has 4 nitrogen and oxygen atoms in total. The van der Waals surface area contributed by atoms with Gasteiger partial charge in [-0.15, -0.1) is 11.8 Å². The Kier molecular flexibility index (Phi) is 5.62. The Labute approximate surface area is 172 Å². The maximum atomic E-state index is 13.1. The summed E-state index contributed by atoms with van der Waals surface area (Å²) in [6, 6.07) is 22.1. The number of ether oxygens (including phenoxy) is 1. The number of thioether (sulfide) groups is 1. The molecule has 0 saturated heterocycles. The molecule has 4 rings (SSSR count). The topological polar surface area (TPSA) is 55.4 Å². The fourth-order valence-electron chi connectivity index (χ4n) is 3.15. The van der Waals surface area contributed by atoms with E-state index >= 15 is 0 Å². The number of carbonyl (C=O) groups is 2. The standard InChI is InChI=1S/C23H18FNO3S/c24-17-10-12-18(13-11-17)25-22(26)21(15-6-2-1-3-7-15)28-23(27)20-14-16-8-4-5-9-19(16)29-20/h1-13,20-21H,14H2,(H,25,26). The first kappa shape index (κ1) is 19.2. The lowest BCUT2D eigenvalue weighted by atomic mass is 10.1. The number of fused-ring (bicyclic) bond motifs is 1. The van der Waals surface area contributed by atoms with Crippen LogP contribution in [0.15, 0.2) is 83.8 Å². The summed E-state index contributed by atoms with van der Waals surface area (Å²) in [7, 11) is 0. The maximum Gasteiger partial charge on any atom is 0.320 e. The Hall–Kier alpha value is -3.12. The molecule has 3 aromatic carbocycles. The smallest absolute Gasteiger partial charge is 0.320 e. The van der Waals surface area contributed by atoms with Gasteiger partial charge in [0.25, 0.3) is 5.91 Å². The summed E-state index contributed by atoms with van der Waals surface area (Å²) in [6.07, 6.45) is -0.529. The number of carbonyl (C=O) groups excluding carboxylic acids is 2. The minimum absolute atomic E-state index is 0.391. The number of halogens is 1. The van der Waals surface area contributed by atoms with Gasteiger partial charge in [0.15, 0.2) is 0 Å². The maximum absolute atomic E-state index is 13.1. The summed E-state index contributed by atoms with van der Waals surface area (Å²) in [4.78, 5) is 26.8. The molecular formula is C23H18FNO3S. The van der Waals surface area contributed by atoms with Crippen molar-refractivity contribution in [2.75, 3.05) is 5.32 Å². The van der Waals surface area contributed by atoms with E-state index < -0.39 is 29.0 Å². The average Bonchev–Trinajstić information content (AvgIpc) is 3.18.